The van der Waals surface area contributed by atoms with Crippen LogP contribution < -0.4 is 10.6 Å². The molecule has 1 aromatic carbocycles. The van der Waals surface area contributed by atoms with Crippen molar-refractivity contribution >= 4 is 22.4 Å². The Hall–Kier alpha value is -1.78. The standard InChI is InChI=1S/C14H20N4O/c1-2-3-10-6-8-18(9-7-10)12-5-4-11(15)13-14(12)17-19-16-13/h4-5,10H,2-3,6-9,15H2,1H3. The van der Waals surface area contributed by atoms with Gasteiger partial charge in [0, 0.05) is 13.1 Å². The van der Waals surface area contributed by atoms with E-state index < -0.39 is 0 Å². The summed E-state index contributed by atoms with van der Waals surface area (Å²) >= 11 is 0. The summed E-state index contributed by atoms with van der Waals surface area (Å²) in [6, 6.07) is 3.92. The van der Waals surface area contributed by atoms with E-state index in [2.05, 4.69) is 22.1 Å². The fraction of sp³-hybridized carbons (Fsp3) is 0.571. The Morgan fingerprint density at radius 3 is 2.74 bits per heavy atom. The number of aromatic nitrogens is 2. The molecule has 1 aliphatic rings. The molecule has 1 saturated heterocycles. The minimum atomic E-state index is 0.626. The maximum absolute atomic E-state index is 5.88. The highest BCUT2D eigenvalue weighted by Crippen LogP contribution is 2.32. The van der Waals surface area contributed by atoms with Crippen molar-refractivity contribution in [3.63, 3.8) is 0 Å². The van der Waals surface area contributed by atoms with E-state index in [1.165, 1.54) is 25.7 Å². The van der Waals surface area contributed by atoms with Crippen LogP contribution in [-0.4, -0.2) is 23.4 Å². The van der Waals surface area contributed by atoms with Crippen LogP contribution >= 0.6 is 0 Å². The predicted molar refractivity (Wildman–Crippen MR) is 76.1 cm³/mol. The van der Waals surface area contributed by atoms with Gasteiger partial charge in [-0.15, -0.1) is 0 Å². The van der Waals surface area contributed by atoms with E-state index in [4.69, 9.17) is 10.4 Å². The molecule has 19 heavy (non-hydrogen) atoms. The number of rotatable bonds is 3. The van der Waals surface area contributed by atoms with Crippen molar-refractivity contribution in [3.8, 4) is 0 Å². The van der Waals surface area contributed by atoms with Crippen molar-refractivity contribution in [1.82, 2.24) is 10.3 Å². The molecule has 0 amide bonds. The molecule has 0 unspecified atom stereocenters. The number of nitrogen functional groups attached to an aromatic ring is 1. The molecule has 102 valence electrons. The summed E-state index contributed by atoms with van der Waals surface area (Å²) in [6.07, 6.45) is 5.14. The predicted octanol–water partition coefficient (Wildman–Crippen LogP) is 2.82. The molecule has 0 atom stereocenters. The van der Waals surface area contributed by atoms with Crippen LogP contribution in [0.25, 0.3) is 11.0 Å². The summed E-state index contributed by atoms with van der Waals surface area (Å²) in [5, 5.41) is 7.88. The lowest BCUT2D eigenvalue weighted by Crippen LogP contribution is -2.33. The van der Waals surface area contributed by atoms with Gasteiger partial charge in [-0.3, -0.25) is 0 Å². The molecular weight excluding hydrogens is 240 g/mol. The lowest BCUT2D eigenvalue weighted by molar-refractivity contribution is 0.315. The first-order valence-electron chi connectivity index (χ1n) is 7.05. The Labute approximate surface area is 112 Å². The highest BCUT2D eigenvalue weighted by Gasteiger charge is 2.21. The lowest BCUT2D eigenvalue weighted by atomic mass is 9.92. The molecular formula is C14H20N4O. The number of hydrogen-bond donors (Lipinski definition) is 1. The highest BCUT2D eigenvalue weighted by atomic mass is 16.6. The average Bonchev–Trinajstić information content (AvgIpc) is 2.91. The monoisotopic (exact) mass is 260 g/mol. The Kier molecular flexibility index (Phi) is 3.27. The van der Waals surface area contributed by atoms with Crippen molar-refractivity contribution in [2.75, 3.05) is 23.7 Å². The fourth-order valence-corrected chi connectivity index (χ4v) is 3.00. The summed E-state index contributed by atoms with van der Waals surface area (Å²) in [5.41, 5.74) is 9.06. The molecule has 3 rings (SSSR count). The van der Waals surface area contributed by atoms with Gasteiger partial charge in [0.25, 0.3) is 0 Å². The second-order valence-electron chi connectivity index (χ2n) is 5.35. The van der Waals surface area contributed by atoms with E-state index in [1.54, 1.807) is 0 Å². The molecule has 1 aliphatic heterocycles. The Morgan fingerprint density at radius 2 is 2.00 bits per heavy atom. The van der Waals surface area contributed by atoms with Gasteiger partial charge in [-0.2, -0.15) is 0 Å². The third-order valence-electron chi connectivity index (χ3n) is 4.08. The van der Waals surface area contributed by atoms with Crippen LogP contribution in [0.5, 0.6) is 0 Å². The van der Waals surface area contributed by atoms with Gasteiger partial charge in [0.15, 0.2) is 11.0 Å². The van der Waals surface area contributed by atoms with Gasteiger partial charge in [-0.1, -0.05) is 19.8 Å². The maximum Gasteiger partial charge on any atom is 0.160 e. The highest BCUT2D eigenvalue weighted by molar-refractivity contribution is 5.95. The van der Waals surface area contributed by atoms with Crippen molar-refractivity contribution in [1.29, 1.82) is 0 Å². The van der Waals surface area contributed by atoms with Crippen molar-refractivity contribution in [2.45, 2.75) is 32.6 Å². The smallest absolute Gasteiger partial charge is 0.160 e. The van der Waals surface area contributed by atoms with Gasteiger partial charge in [0.1, 0.15) is 0 Å². The van der Waals surface area contributed by atoms with E-state index in [-0.39, 0.29) is 0 Å². The largest absolute Gasteiger partial charge is 0.397 e. The lowest BCUT2D eigenvalue weighted by Gasteiger charge is -2.33. The first-order chi connectivity index (χ1) is 9.29. The van der Waals surface area contributed by atoms with E-state index in [0.717, 1.165) is 30.2 Å². The molecule has 0 aliphatic carbocycles. The SMILES string of the molecule is CCCC1CCN(c2ccc(N)c3nonc23)CC1. The molecule has 0 radical (unpaired) electrons. The van der Waals surface area contributed by atoms with Crippen LogP contribution in [-0.2, 0) is 0 Å². The number of benzene rings is 1. The van der Waals surface area contributed by atoms with Crippen molar-refractivity contribution in [2.24, 2.45) is 5.92 Å². The van der Waals surface area contributed by atoms with Gasteiger partial charge in [-0.05, 0) is 41.2 Å². The third kappa shape index (κ3) is 2.25. The maximum atomic E-state index is 5.88. The van der Waals surface area contributed by atoms with Crippen LogP contribution in [0.15, 0.2) is 16.8 Å². The Bertz CT molecular complexity index is 558. The fourth-order valence-electron chi connectivity index (χ4n) is 3.00. The number of hydrogen-bond acceptors (Lipinski definition) is 5. The van der Waals surface area contributed by atoms with E-state index >= 15 is 0 Å². The number of piperidine rings is 1. The Balaban J connectivity index is 1.82. The molecule has 2 N–H and O–H groups in total. The van der Waals surface area contributed by atoms with Gasteiger partial charge in [0.2, 0.25) is 0 Å². The van der Waals surface area contributed by atoms with Gasteiger partial charge < -0.3 is 10.6 Å². The average molecular weight is 260 g/mol. The van der Waals surface area contributed by atoms with Gasteiger partial charge in [0.05, 0.1) is 11.4 Å². The number of fused-ring (bicyclic) bond motifs is 1. The Morgan fingerprint density at radius 1 is 1.26 bits per heavy atom. The second kappa shape index (κ2) is 5.07. The quantitative estimate of drug-likeness (QED) is 0.859. The molecule has 0 bridgehead atoms. The van der Waals surface area contributed by atoms with Crippen LogP contribution in [0, 0.1) is 5.92 Å². The molecule has 1 fully saturated rings. The number of nitrogens with zero attached hydrogens (tertiary/aromatic N) is 3. The normalized spacial score (nSPS) is 17.2. The zero-order valence-corrected chi connectivity index (χ0v) is 11.3. The van der Waals surface area contributed by atoms with Crippen molar-refractivity contribution in [3.05, 3.63) is 12.1 Å². The molecule has 1 aromatic heterocycles. The second-order valence-corrected chi connectivity index (χ2v) is 5.35. The van der Waals surface area contributed by atoms with Gasteiger partial charge >= 0.3 is 0 Å². The molecule has 5 nitrogen and oxygen atoms in total. The van der Waals surface area contributed by atoms with Crippen LogP contribution in [0.1, 0.15) is 32.6 Å². The zero-order chi connectivity index (χ0) is 13.2. The minimum absolute atomic E-state index is 0.626. The topological polar surface area (TPSA) is 68.2 Å². The molecule has 2 aromatic rings. The minimum Gasteiger partial charge on any atom is -0.397 e. The molecule has 0 saturated carbocycles. The zero-order valence-electron chi connectivity index (χ0n) is 11.3. The molecule has 5 heteroatoms. The summed E-state index contributed by atoms with van der Waals surface area (Å²) in [6.45, 7) is 4.42. The van der Waals surface area contributed by atoms with Gasteiger partial charge in [-0.25, -0.2) is 4.63 Å². The van der Waals surface area contributed by atoms with Crippen LogP contribution in [0.4, 0.5) is 11.4 Å². The first kappa shape index (κ1) is 12.3. The van der Waals surface area contributed by atoms with Crippen LogP contribution in [0.2, 0.25) is 0 Å². The van der Waals surface area contributed by atoms with E-state index in [9.17, 15) is 0 Å². The molecule has 2 heterocycles. The number of anilines is 2. The van der Waals surface area contributed by atoms with Crippen LogP contribution in [0.3, 0.4) is 0 Å². The summed E-state index contributed by atoms with van der Waals surface area (Å²) < 4.78 is 4.83. The van der Waals surface area contributed by atoms with E-state index in [0.29, 0.717) is 11.2 Å². The number of nitrogens with two attached hydrogens (primary N) is 1. The molecule has 0 spiro atoms. The van der Waals surface area contributed by atoms with E-state index in [1.807, 2.05) is 12.1 Å². The summed E-state index contributed by atoms with van der Waals surface area (Å²) in [7, 11) is 0. The summed E-state index contributed by atoms with van der Waals surface area (Å²) in [4.78, 5) is 2.37. The first-order valence-corrected chi connectivity index (χ1v) is 7.05. The third-order valence-corrected chi connectivity index (χ3v) is 4.08. The van der Waals surface area contributed by atoms with Crippen molar-refractivity contribution < 1.29 is 4.63 Å². The summed E-state index contributed by atoms with van der Waals surface area (Å²) in [5.74, 6) is 0.876.